The molecule has 1 aromatic heterocycles. The number of nitrogens with zero attached hydrogens (tertiary/aromatic N) is 2. The molecule has 1 saturated heterocycles. The third-order valence-electron chi connectivity index (χ3n) is 5.90. The minimum Gasteiger partial charge on any atom is -0.420 e. The number of carbonyl (C=O) groups is 1. The van der Waals surface area contributed by atoms with Crippen molar-refractivity contribution in [2.45, 2.75) is 37.5 Å². The maximum atomic E-state index is 13.1. The van der Waals surface area contributed by atoms with E-state index in [1.165, 1.54) is 24.3 Å². The molecule has 3 heterocycles. The lowest BCUT2D eigenvalue weighted by Gasteiger charge is -2.25. The van der Waals surface area contributed by atoms with Crippen LogP contribution in [-0.4, -0.2) is 34.4 Å². The van der Waals surface area contributed by atoms with Crippen LogP contribution in [-0.2, 0) is 11.2 Å². The quantitative estimate of drug-likeness (QED) is 0.439. The van der Waals surface area contributed by atoms with Crippen LogP contribution in [0.1, 0.15) is 41.4 Å². The van der Waals surface area contributed by atoms with Gasteiger partial charge in [0.05, 0.1) is 5.69 Å². The van der Waals surface area contributed by atoms with Crippen LogP contribution in [0.5, 0.6) is 5.75 Å². The van der Waals surface area contributed by atoms with Crippen LogP contribution in [0.15, 0.2) is 48.7 Å². The monoisotopic (exact) mass is 488 g/mol. The molecular weight excluding hydrogens is 466 g/mol. The molecule has 1 unspecified atom stereocenters. The Labute approximate surface area is 200 Å². The van der Waals surface area contributed by atoms with Crippen molar-refractivity contribution in [2.75, 3.05) is 23.8 Å². The standard InChI is InChI=1S/C24H23ClF2N4O3/c25-24(26,27)34-18-6-4-17(5-7-18)30-23(32)16-13-15-8-10-28-22(15)19(14-16)20-9-11-29-31(20)21-3-1-2-12-33-21/h4-7,9,11,13-14,21,28H,1-3,8,10,12H2,(H,30,32). The Balaban J connectivity index is 1.41. The first-order valence-electron chi connectivity index (χ1n) is 11.1. The molecule has 3 aromatic rings. The van der Waals surface area contributed by atoms with Crippen molar-refractivity contribution in [3.63, 3.8) is 0 Å². The normalized spacial score (nSPS) is 17.7. The number of anilines is 2. The molecule has 0 bridgehead atoms. The lowest BCUT2D eigenvalue weighted by atomic mass is 9.99. The number of rotatable bonds is 6. The van der Waals surface area contributed by atoms with Crippen LogP contribution in [0.4, 0.5) is 20.2 Å². The highest BCUT2D eigenvalue weighted by Crippen LogP contribution is 2.38. The predicted molar refractivity (Wildman–Crippen MR) is 125 cm³/mol. The van der Waals surface area contributed by atoms with Crippen molar-refractivity contribution in [1.82, 2.24) is 9.78 Å². The summed E-state index contributed by atoms with van der Waals surface area (Å²) < 4.78 is 37.7. The Morgan fingerprint density at radius 3 is 2.79 bits per heavy atom. The van der Waals surface area contributed by atoms with E-state index in [1.807, 2.05) is 22.9 Å². The van der Waals surface area contributed by atoms with Crippen LogP contribution >= 0.6 is 11.6 Å². The van der Waals surface area contributed by atoms with Crippen molar-refractivity contribution >= 4 is 28.9 Å². The molecule has 1 atom stereocenters. The van der Waals surface area contributed by atoms with Crippen LogP contribution in [0.3, 0.4) is 0 Å². The number of aromatic nitrogens is 2. The lowest BCUT2D eigenvalue weighted by molar-refractivity contribution is -0.0964. The molecule has 0 aliphatic carbocycles. The SMILES string of the molecule is O=C(Nc1ccc(OC(F)(F)Cl)cc1)c1cc2c(c(-c3ccnn3C3CCCCO3)c1)NCC2. The summed E-state index contributed by atoms with van der Waals surface area (Å²) in [5, 5.41) is 10.7. The van der Waals surface area contributed by atoms with Crippen molar-refractivity contribution in [2.24, 2.45) is 0 Å². The maximum absolute atomic E-state index is 13.1. The number of hydrogen-bond acceptors (Lipinski definition) is 5. The fourth-order valence-corrected chi connectivity index (χ4v) is 4.47. The molecule has 2 aromatic carbocycles. The van der Waals surface area contributed by atoms with Gasteiger partial charge in [-0.3, -0.25) is 4.79 Å². The van der Waals surface area contributed by atoms with Gasteiger partial charge in [-0.1, -0.05) is 0 Å². The van der Waals surface area contributed by atoms with Crippen LogP contribution in [0.2, 0.25) is 0 Å². The second-order valence-electron chi connectivity index (χ2n) is 8.24. The lowest BCUT2D eigenvalue weighted by Crippen LogP contribution is -2.20. The van der Waals surface area contributed by atoms with Gasteiger partial charge in [0, 0.05) is 53.5 Å². The number of hydrogen-bond donors (Lipinski definition) is 2. The summed E-state index contributed by atoms with van der Waals surface area (Å²) in [7, 11) is 0. The highest BCUT2D eigenvalue weighted by atomic mass is 35.5. The van der Waals surface area contributed by atoms with E-state index in [0.29, 0.717) is 17.9 Å². The average Bonchev–Trinajstić information content (AvgIpc) is 3.49. The van der Waals surface area contributed by atoms with Crippen molar-refractivity contribution in [3.8, 4) is 17.0 Å². The Morgan fingerprint density at radius 1 is 1.24 bits per heavy atom. The zero-order valence-corrected chi connectivity index (χ0v) is 18.9. The summed E-state index contributed by atoms with van der Waals surface area (Å²) in [6.07, 6.45) is 5.43. The van der Waals surface area contributed by atoms with Gasteiger partial charge in [0.2, 0.25) is 0 Å². The smallest absolute Gasteiger partial charge is 0.420 e. The van der Waals surface area contributed by atoms with Crippen molar-refractivity contribution in [3.05, 3.63) is 59.8 Å². The van der Waals surface area contributed by atoms with E-state index in [9.17, 15) is 13.6 Å². The van der Waals surface area contributed by atoms with Gasteiger partial charge in [-0.2, -0.15) is 5.10 Å². The third-order valence-corrected chi connectivity index (χ3v) is 5.98. The molecule has 1 fully saturated rings. The Hall–Kier alpha value is -3.17. The molecule has 2 aliphatic heterocycles. The van der Waals surface area contributed by atoms with Gasteiger partial charge in [-0.25, -0.2) is 4.68 Å². The minimum atomic E-state index is -3.80. The molecule has 2 N–H and O–H groups in total. The Kier molecular flexibility index (Phi) is 6.14. The fourth-order valence-electron chi connectivity index (χ4n) is 4.38. The molecule has 0 radical (unpaired) electrons. The van der Waals surface area contributed by atoms with Crippen LogP contribution in [0, 0.1) is 0 Å². The van der Waals surface area contributed by atoms with E-state index >= 15 is 0 Å². The maximum Gasteiger partial charge on any atom is 0.487 e. The van der Waals surface area contributed by atoms with Crippen LogP contribution in [0.25, 0.3) is 11.3 Å². The third kappa shape index (κ3) is 4.85. The van der Waals surface area contributed by atoms with E-state index < -0.39 is 5.57 Å². The highest BCUT2D eigenvalue weighted by Gasteiger charge is 2.28. The number of alkyl halides is 3. The van der Waals surface area contributed by atoms with E-state index in [4.69, 9.17) is 16.3 Å². The molecule has 2 aliphatic rings. The molecule has 34 heavy (non-hydrogen) atoms. The Bertz CT molecular complexity index is 1190. The molecule has 0 saturated carbocycles. The number of nitrogens with one attached hydrogen (secondary N) is 2. The van der Waals surface area contributed by atoms with Gasteiger partial charge in [0.25, 0.3) is 5.91 Å². The highest BCUT2D eigenvalue weighted by molar-refractivity contribution is 6.20. The molecule has 178 valence electrons. The van der Waals surface area contributed by atoms with E-state index in [2.05, 4.69) is 20.5 Å². The fraction of sp³-hybridized carbons (Fsp3) is 0.333. The number of carbonyl (C=O) groups excluding carboxylic acids is 1. The molecule has 1 amide bonds. The largest absolute Gasteiger partial charge is 0.487 e. The zero-order valence-electron chi connectivity index (χ0n) is 18.2. The topological polar surface area (TPSA) is 77.4 Å². The van der Waals surface area contributed by atoms with Gasteiger partial charge in [0.15, 0.2) is 6.23 Å². The van der Waals surface area contributed by atoms with E-state index in [-0.39, 0.29) is 17.9 Å². The van der Waals surface area contributed by atoms with Gasteiger partial charge < -0.3 is 20.1 Å². The number of halogens is 3. The van der Waals surface area contributed by atoms with E-state index in [0.717, 1.165) is 54.7 Å². The Morgan fingerprint density at radius 2 is 2.06 bits per heavy atom. The van der Waals surface area contributed by atoms with Gasteiger partial charge in [-0.15, -0.1) is 8.78 Å². The summed E-state index contributed by atoms with van der Waals surface area (Å²) in [6, 6.07) is 11.2. The number of fused-ring (bicyclic) bond motifs is 1. The molecular formula is C24H23ClF2N4O3. The minimum absolute atomic E-state index is 0.109. The average molecular weight is 489 g/mol. The molecule has 10 heteroatoms. The first-order valence-corrected chi connectivity index (χ1v) is 11.5. The first-order chi connectivity index (χ1) is 16.4. The summed E-state index contributed by atoms with van der Waals surface area (Å²) >= 11 is 4.79. The summed E-state index contributed by atoms with van der Waals surface area (Å²) in [5.41, 5.74) is 0.953. The number of amides is 1. The molecule has 5 rings (SSSR count). The van der Waals surface area contributed by atoms with Crippen molar-refractivity contribution in [1.29, 1.82) is 0 Å². The van der Waals surface area contributed by atoms with Gasteiger partial charge in [-0.05, 0) is 73.7 Å². The van der Waals surface area contributed by atoms with Gasteiger partial charge in [0.1, 0.15) is 5.75 Å². The molecule has 7 nitrogen and oxygen atoms in total. The number of ether oxygens (including phenoxy) is 2. The second kappa shape index (κ2) is 9.23. The van der Waals surface area contributed by atoms with Gasteiger partial charge >= 0.3 is 5.57 Å². The summed E-state index contributed by atoms with van der Waals surface area (Å²) in [6.45, 7) is 1.49. The van der Waals surface area contributed by atoms with Crippen molar-refractivity contribution < 1.29 is 23.0 Å². The van der Waals surface area contributed by atoms with E-state index in [1.54, 1.807) is 6.20 Å². The number of benzene rings is 2. The second-order valence-corrected chi connectivity index (χ2v) is 8.68. The first kappa shape index (κ1) is 22.6. The predicted octanol–water partition coefficient (Wildman–Crippen LogP) is 5.64. The van der Waals surface area contributed by atoms with Crippen LogP contribution < -0.4 is 15.4 Å². The zero-order chi connectivity index (χ0) is 23.7. The molecule has 0 spiro atoms. The summed E-state index contributed by atoms with van der Waals surface area (Å²) in [4.78, 5) is 13.1. The summed E-state index contributed by atoms with van der Waals surface area (Å²) in [5.74, 6) is -0.422.